The first-order valence-electron chi connectivity index (χ1n) is 12.3. The summed E-state index contributed by atoms with van der Waals surface area (Å²) in [5, 5.41) is 25.4. The molecule has 3 N–H and O–H groups in total. The second-order valence-electron chi connectivity index (χ2n) is 9.89. The molecular weight excluding hydrogens is 466 g/mol. The summed E-state index contributed by atoms with van der Waals surface area (Å²) in [6.07, 6.45) is 4.33. The molecule has 7 nitrogen and oxygen atoms in total. The number of aromatic nitrogens is 2. The predicted molar refractivity (Wildman–Crippen MR) is 131 cm³/mol. The second kappa shape index (κ2) is 9.89. The Bertz CT molecular complexity index is 1220. The third-order valence-electron chi connectivity index (χ3n) is 7.82. The van der Waals surface area contributed by atoms with Crippen LogP contribution in [0, 0.1) is 24.0 Å². The molecule has 3 unspecified atom stereocenters. The molecule has 5 rings (SSSR count). The van der Waals surface area contributed by atoms with Crippen LogP contribution in [0.2, 0.25) is 0 Å². The van der Waals surface area contributed by atoms with Crippen molar-refractivity contribution in [1.29, 1.82) is 0 Å². The van der Waals surface area contributed by atoms with Crippen LogP contribution in [0.3, 0.4) is 0 Å². The normalized spacial score (nSPS) is 25.4. The van der Waals surface area contributed by atoms with Gasteiger partial charge in [-0.3, -0.25) is 4.90 Å². The SMILES string of the molecule is COc1cc(C2CNCC23CCCN([C@@H](CO)c2cc(F)cc(F)c2)C3O)ccc1-n1cnc(C)c1. The maximum Gasteiger partial charge on any atom is 0.143 e. The maximum atomic E-state index is 14.0. The van der Waals surface area contributed by atoms with Gasteiger partial charge in [0.25, 0.3) is 0 Å². The molecule has 36 heavy (non-hydrogen) atoms. The van der Waals surface area contributed by atoms with Gasteiger partial charge in [0, 0.05) is 43.2 Å². The number of nitrogens with zero attached hydrogens (tertiary/aromatic N) is 3. The Labute approximate surface area is 209 Å². The van der Waals surface area contributed by atoms with E-state index in [1.807, 2.05) is 29.8 Å². The first-order chi connectivity index (χ1) is 17.4. The lowest BCUT2D eigenvalue weighted by molar-refractivity contribution is -0.144. The highest BCUT2D eigenvalue weighted by Crippen LogP contribution is 2.51. The molecule has 0 radical (unpaired) electrons. The number of ether oxygens (including phenoxy) is 1. The summed E-state index contributed by atoms with van der Waals surface area (Å²) < 4.78 is 35.6. The fourth-order valence-corrected chi connectivity index (χ4v) is 6.10. The van der Waals surface area contributed by atoms with E-state index in [9.17, 15) is 19.0 Å². The molecule has 3 heterocycles. The average molecular weight is 499 g/mol. The number of aryl methyl sites for hydroxylation is 1. The van der Waals surface area contributed by atoms with Crippen LogP contribution in [-0.4, -0.2) is 64.2 Å². The Morgan fingerprint density at radius 3 is 2.67 bits per heavy atom. The highest BCUT2D eigenvalue weighted by molar-refractivity contribution is 5.50. The summed E-state index contributed by atoms with van der Waals surface area (Å²) in [5.41, 5.74) is 2.60. The van der Waals surface area contributed by atoms with Crippen molar-refractivity contribution in [2.45, 2.75) is 38.0 Å². The molecule has 1 spiro atoms. The minimum Gasteiger partial charge on any atom is -0.495 e. The van der Waals surface area contributed by atoms with Crippen molar-refractivity contribution in [1.82, 2.24) is 19.8 Å². The van der Waals surface area contributed by atoms with Gasteiger partial charge in [0.1, 0.15) is 23.6 Å². The van der Waals surface area contributed by atoms with Crippen molar-refractivity contribution in [3.8, 4) is 11.4 Å². The zero-order valence-electron chi connectivity index (χ0n) is 20.5. The summed E-state index contributed by atoms with van der Waals surface area (Å²) in [7, 11) is 1.64. The van der Waals surface area contributed by atoms with Crippen LogP contribution in [0.25, 0.3) is 5.69 Å². The third kappa shape index (κ3) is 4.30. The number of halogens is 2. The van der Waals surface area contributed by atoms with E-state index >= 15 is 0 Å². The highest BCUT2D eigenvalue weighted by Gasteiger charge is 2.53. The molecule has 0 saturated carbocycles. The predicted octanol–water partition coefficient (Wildman–Crippen LogP) is 3.29. The molecule has 0 amide bonds. The molecule has 2 saturated heterocycles. The highest BCUT2D eigenvalue weighted by atomic mass is 19.1. The number of aliphatic hydroxyl groups is 2. The van der Waals surface area contributed by atoms with Gasteiger partial charge in [0.15, 0.2) is 0 Å². The summed E-state index contributed by atoms with van der Waals surface area (Å²) in [6.45, 7) is 3.35. The number of aliphatic hydroxyl groups excluding tert-OH is 2. The van der Waals surface area contributed by atoms with Crippen LogP contribution in [0.1, 0.15) is 41.6 Å². The number of hydrogen-bond donors (Lipinski definition) is 3. The average Bonchev–Trinajstić information content (AvgIpc) is 3.48. The van der Waals surface area contributed by atoms with Crippen molar-refractivity contribution in [3.63, 3.8) is 0 Å². The van der Waals surface area contributed by atoms with E-state index in [4.69, 9.17) is 4.74 Å². The van der Waals surface area contributed by atoms with Crippen LogP contribution < -0.4 is 10.1 Å². The lowest BCUT2D eigenvalue weighted by Gasteiger charge is -2.50. The molecule has 0 aliphatic carbocycles. The molecule has 0 bridgehead atoms. The van der Waals surface area contributed by atoms with Gasteiger partial charge in [0.05, 0.1) is 37.5 Å². The van der Waals surface area contributed by atoms with Gasteiger partial charge >= 0.3 is 0 Å². The Kier molecular flexibility index (Phi) is 6.82. The molecule has 4 atom stereocenters. The smallest absolute Gasteiger partial charge is 0.143 e. The first kappa shape index (κ1) is 24.8. The van der Waals surface area contributed by atoms with Crippen LogP contribution in [0.5, 0.6) is 5.75 Å². The molecule has 192 valence electrons. The number of methoxy groups -OCH3 is 1. The number of likely N-dealkylation sites (tertiary alicyclic amines) is 1. The Hall–Kier alpha value is -2.85. The number of imidazole rings is 1. The summed E-state index contributed by atoms with van der Waals surface area (Å²) in [6, 6.07) is 8.62. The van der Waals surface area contributed by atoms with Crippen molar-refractivity contribution >= 4 is 0 Å². The maximum absolute atomic E-state index is 14.0. The Morgan fingerprint density at radius 1 is 1.22 bits per heavy atom. The fraction of sp³-hybridized carbons (Fsp3) is 0.444. The fourth-order valence-electron chi connectivity index (χ4n) is 6.10. The molecule has 2 aliphatic rings. The van der Waals surface area contributed by atoms with Crippen molar-refractivity contribution < 1.29 is 23.7 Å². The first-order valence-corrected chi connectivity index (χ1v) is 12.3. The molecule has 9 heteroatoms. The summed E-state index contributed by atoms with van der Waals surface area (Å²) in [4.78, 5) is 6.10. The van der Waals surface area contributed by atoms with E-state index in [1.165, 1.54) is 12.1 Å². The van der Waals surface area contributed by atoms with Crippen LogP contribution in [0.15, 0.2) is 48.9 Å². The molecule has 2 aliphatic heterocycles. The zero-order valence-corrected chi connectivity index (χ0v) is 20.5. The van der Waals surface area contributed by atoms with E-state index in [1.54, 1.807) is 18.3 Å². The largest absolute Gasteiger partial charge is 0.495 e. The van der Waals surface area contributed by atoms with Crippen LogP contribution in [-0.2, 0) is 0 Å². The van der Waals surface area contributed by atoms with Crippen molar-refractivity contribution in [2.75, 3.05) is 33.4 Å². The number of hydrogen-bond acceptors (Lipinski definition) is 6. The monoisotopic (exact) mass is 498 g/mol. The van der Waals surface area contributed by atoms with Gasteiger partial charge < -0.3 is 24.8 Å². The van der Waals surface area contributed by atoms with Gasteiger partial charge in [0.2, 0.25) is 0 Å². The number of nitrogens with one attached hydrogen (secondary N) is 1. The number of benzene rings is 2. The molecule has 1 aromatic heterocycles. The third-order valence-corrected chi connectivity index (χ3v) is 7.82. The van der Waals surface area contributed by atoms with Crippen LogP contribution in [0.4, 0.5) is 8.78 Å². The van der Waals surface area contributed by atoms with Gasteiger partial charge in [-0.15, -0.1) is 0 Å². The quantitative estimate of drug-likeness (QED) is 0.484. The topological polar surface area (TPSA) is 82.8 Å². The number of rotatable bonds is 6. The van der Waals surface area contributed by atoms with Crippen LogP contribution >= 0.6 is 0 Å². The van der Waals surface area contributed by atoms with E-state index in [-0.39, 0.29) is 12.5 Å². The van der Waals surface area contributed by atoms with Gasteiger partial charge in [-0.1, -0.05) is 6.07 Å². The van der Waals surface area contributed by atoms with Gasteiger partial charge in [-0.25, -0.2) is 13.8 Å². The molecule has 2 aromatic carbocycles. The zero-order chi connectivity index (χ0) is 25.4. The van der Waals surface area contributed by atoms with Gasteiger partial charge in [-0.05, 0) is 55.2 Å². The summed E-state index contributed by atoms with van der Waals surface area (Å²) in [5.74, 6) is -0.723. The van der Waals surface area contributed by atoms with Gasteiger partial charge in [-0.2, -0.15) is 0 Å². The molecule has 2 fully saturated rings. The summed E-state index contributed by atoms with van der Waals surface area (Å²) >= 11 is 0. The lowest BCUT2D eigenvalue weighted by atomic mass is 9.67. The van der Waals surface area contributed by atoms with Crippen molar-refractivity contribution in [2.24, 2.45) is 5.41 Å². The van der Waals surface area contributed by atoms with E-state index in [0.717, 1.165) is 35.9 Å². The second-order valence-corrected chi connectivity index (χ2v) is 9.89. The lowest BCUT2D eigenvalue weighted by Crippen LogP contribution is -2.56. The Balaban J connectivity index is 1.48. The van der Waals surface area contributed by atoms with E-state index in [2.05, 4.69) is 16.4 Å². The van der Waals surface area contributed by atoms with Crippen molar-refractivity contribution in [3.05, 3.63) is 77.4 Å². The standard InChI is InChI=1S/C27H32F2N4O3/c1-17-13-32(16-31-17)23-5-4-18(10-25(23)36-2)22-12-30-15-27(22)6-3-7-33(26(27)35)24(14-34)19-8-20(28)11-21(29)9-19/h4-5,8-11,13,16,22,24,26,30,34-35H,3,6-7,12,14-15H2,1-2H3/t22?,24-,26?,27?/m0/s1. The van der Waals surface area contributed by atoms with E-state index < -0.39 is 29.3 Å². The molecule has 3 aromatic rings. The molecular formula is C27H32F2N4O3. The minimum atomic E-state index is -0.920. The number of piperidine rings is 1. The minimum absolute atomic E-state index is 0.0219. The van der Waals surface area contributed by atoms with E-state index in [0.29, 0.717) is 30.9 Å². The Morgan fingerprint density at radius 2 is 2.00 bits per heavy atom.